The molecule has 0 aliphatic carbocycles. The minimum absolute atomic E-state index is 0.133. The summed E-state index contributed by atoms with van der Waals surface area (Å²) < 4.78 is 5.64. The van der Waals surface area contributed by atoms with Crippen molar-refractivity contribution in [3.8, 4) is 5.75 Å². The van der Waals surface area contributed by atoms with Gasteiger partial charge < -0.3 is 14.7 Å². The quantitative estimate of drug-likeness (QED) is 0.271. The van der Waals surface area contributed by atoms with Crippen LogP contribution >= 0.6 is 0 Å². The summed E-state index contributed by atoms with van der Waals surface area (Å²) in [4.78, 5) is 27.6. The molecule has 0 saturated carbocycles. The van der Waals surface area contributed by atoms with Gasteiger partial charge >= 0.3 is 0 Å². The number of carbonyl (C=O) groups is 2. The Hall–Kier alpha value is -3.08. The summed E-state index contributed by atoms with van der Waals surface area (Å²) >= 11 is 0. The van der Waals surface area contributed by atoms with E-state index >= 15 is 0 Å². The second-order valence-electron chi connectivity index (χ2n) is 8.00. The molecular weight excluding hydrogens is 390 g/mol. The first kappa shape index (κ1) is 22.6. The van der Waals surface area contributed by atoms with Gasteiger partial charge in [-0.05, 0) is 62.1 Å². The number of aryl methyl sites for hydroxylation is 2. The van der Waals surface area contributed by atoms with Crippen LogP contribution < -0.4 is 4.74 Å². The smallest absolute Gasteiger partial charge is 0.295 e. The molecular formula is C26H31NO4. The van der Waals surface area contributed by atoms with Crippen molar-refractivity contribution in [2.24, 2.45) is 0 Å². The van der Waals surface area contributed by atoms with Crippen molar-refractivity contribution in [2.75, 3.05) is 13.2 Å². The molecule has 1 N–H and O–H groups in total. The van der Waals surface area contributed by atoms with Crippen molar-refractivity contribution in [3.63, 3.8) is 0 Å². The van der Waals surface area contributed by atoms with Crippen LogP contribution in [0.5, 0.6) is 5.75 Å². The Bertz CT molecular complexity index is 1010. The van der Waals surface area contributed by atoms with Gasteiger partial charge in [-0.2, -0.15) is 0 Å². The minimum Gasteiger partial charge on any atom is -0.507 e. The summed E-state index contributed by atoms with van der Waals surface area (Å²) in [5, 5.41) is 11.2. The zero-order valence-corrected chi connectivity index (χ0v) is 18.8. The number of hydrogen-bond donors (Lipinski definition) is 1. The van der Waals surface area contributed by atoms with Gasteiger partial charge in [0.2, 0.25) is 0 Å². The van der Waals surface area contributed by atoms with Crippen molar-refractivity contribution < 1.29 is 19.4 Å². The Kier molecular flexibility index (Phi) is 7.16. The molecule has 5 nitrogen and oxygen atoms in total. The van der Waals surface area contributed by atoms with Gasteiger partial charge in [0.15, 0.2) is 0 Å². The van der Waals surface area contributed by atoms with Crippen LogP contribution in [0.4, 0.5) is 0 Å². The van der Waals surface area contributed by atoms with Gasteiger partial charge in [0.1, 0.15) is 11.5 Å². The Balaban J connectivity index is 2.14. The molecule has 0 bridgehead atoms. The van der Waals surface area contributed by atoms with Crippen LogP contribution in [0.2, 0.25) is 0 Å². The number of unbranched alkanes of at least 4 members (excludes halogenated alkanes) is 2. The highest BCUT2D eigenvalue weighted by Crippen LogP contribution is 2.40. The van der Waals surface area contributed by atoms with E-state index in [0.717, 1.165) is 36.0 Å². The highest BCUT2D eigenvalue weighted by Gasteiger charge is 2.45. The topological polar surface area (TPSA) is 66.8 Å². The number of ketones is 1. The van der Waals surface area contributed by atoms with Gasteiger partial charge in [0, 0.05) is 12.1 Å². The Morgan fingerprint density at radius 2 is 1.81 bits per heavy atom. The number of nitrogens with zero attached hydrogens (tertiary/aromatic N) is 1. The average Bonchev–Trinajstić information content (AvgIpc) is 3.01. The zero-order valence-electron chi connectivity index (χ0n) is 18.8. The number of carbonyl (C=O) groups excluding carboxylic acids is 2. The molecule has 1 aliphatic rings. The lowest BCUT2D eigenvalue weighted by Gasteiger charge is -2.25. The first-order valence-corrected chi connectivity index (χ1v) is 11.0. The predicted molar refractivity (Wildman–Crippen MR) is 122 cm³/mol. The fourth-order valence-corrected chi connectivity index (χ4v) is 3.97. The molecule has 1 aliphatic heterocycles. The molecule has 164 valence electrons. The molecule has 0 spiro atoms. The minimum atomic E-state index is -0.640. The van der Waals surface area contributed by atoms with Gasteiger partial charge in [-0.25, -0.2) is 0 Å². The number of rotatable bonds is 8. The summed E-state index contributed by atoms with van der Waals surface area (Å²) in [7, 11) is 0. The van der Waals surface area contributed by atoms with Gasteiger partial charge in [-0.15, -0.1) is 0 Å². The van der Waals surface area contributed by atoms with E-state index in [1.54, 1.807) is 11.0 Å². The number of likely N-dealkylation sites (tertiary alicyclic amines) is 1. The lowest BCUT2D eigenvalue weighted by molar-refractivity contribution is -0.139. The third-order valence-corrected chi connectivity index (χ3v) is 5.81. The van der Waals surface area contributed by atoms with E-state index in [1.165, 1.54) is 0 Å². The Morgan fingerprint density at radius 1 is 1.03 bits per heavy atom. The molecule has 2 aromatic carbocycles. The van der Waals surface area contributed by atoms with Crippen LogP contribution in [0.1, 0.15) is 61.4 Å². The van der Waals surface area contributed by atoms with Crippen LogP contribution in [0.3, 0.4) is 0 Å². The molecule has 0 radical (unpaired) electrons. The highest BCUT2D eigenvalue weighted by atomic mass is 16.5. The van der Waals surface area contributed by atoms with E-state index in [-0.39, 0.29) is 11.3 Å². The Morgan fingerprint density at radius 3 is 2.48 bits per heavy atom. The normalized spacial score (nSPS) is 17.9. The van der Waals surface area contributed by atoms with Gasteiger partial charge in [0.05, 0.1) is 18.2 Å². The molecule has 31 heavy (non-hydrogen) atoms. The van der Waals surface area contributed by atoms with E-state index in [0.29, 0.717) is 24.5 Å². The molecule has 2 aromatic rings. The van der Waals surface area contributed by atoms with E-state index in [9.17, 15) is 14.7 Å². The first-order valence-electron chi connectivity index (χ1n) is 11.0. The van der Waals surface area contributed by atoms with Crippen molar-refractivity contribution >= 4 is 17.4 Å². The summed E-state index contributed by atoms with van der Waals surface area (Å²) in [6.45, 7) is 8.93. The Labute approximate surface area is 184 Å². The second kappa shape index (κ2) is 9.82. The predicted octanol–water partition coefficient (Wildman–Crippen LogP) is 5.31. The monoisotopic (exact) mass is 421 g/mol. The third-order valence-electron chi connectivity index (χ3n) is 5.81. The van der Waals surface area contributed by atoms with Crippen LogP contribution in [0, 0.1) is 13.8 Å². The summed E-state index contributed by atoms with van der Waals surface area (Å²) in [6, 6.07) is 12.3. The van der Waals surface area contributed by atoms with E-state index in [2.05, 4.69) is 6.92 Å². The lowest BCUT2D eigenvalue weighted by Crippen LogP contribution is -2.30. The van der Waals surface area contributed by atoms with Gasteiger partial charge in [0.25, 0.3) is 11.7 Å². The number of aliphatic hydroxyl groups excluding tert-OH is 1. The number of Topliss-reactive ketones (excluding diaryl/α,β-unsaturated/α-hetero) is 1. The fraction of sp³-hybridized carbons (Fsp3) is 0.385. The number of amides is 1. The van der Waals surface area contributed by atoms with Crippen LogP contribution in [-0.4, -0.2) is 34.8 Å². The van der Waals surface area contributed by atoms with E-state index in [1.807, 2.05) is 57.2 Å². The maximum atomic E-state index is 13.1. The van der Waals surface area contributed by atoms with Crippen LogP contribution in [0.25, 0.3) is 5.76 Å². The fourth-order valence-electron chi connectivity index (χ4n) is 3.97. The van der Waals surface area contributed by atoms with Gasteiger partial charge in [-0.1, -0.05) is 44.0 Å². The number of hydrogen-bond acceptors (Lipinski definition) is 4. The van der Waals surface area contributed by atoms with E-state index < -0.39 is 17.7 Å². The SMILES string of the molecule is CCCCCN1C(=O)C(=O)/C(=C(\O)c2ccc(C)c(C)c2)C1c1cccc(OCC)c1. The van der Waals surface area contributed by atoms with Crippen molar-refractivity contribution in [1.82, 2.24) is 4.90 Å². The lowest BCUT2D eigenvalue weighted by atomic mass is 9.94. The van der Waals surface area contributed by atoms with Crippen LogP contribution in [0.15, 0.2) is 48.0 Å². The van der Waals surface area contributed by atoms with Crippen molar-refractivity contribution in [3.05, 3.63) is 70.3 Å². The first-order chi connectivity index (χ1) is 14.9. The number of benzene rings is 2. The molecule has 3 rings (SSSR count). The standard InChI is InChI=1S/C26H31NO4/c1-5-7-8-14-27-23(19-10-9-11-21(16-19)31-6-2)22(25(29)26(27)30)24(28)20-13-12-17(3)18(4)15-20/h9-13,15-16,23,28H,5-8,14H2,1-4H3/b24-22-. The zero-order chi connectivity index (χ0) is 22.5. The second-order valence-corrected chi connectivity index (χ2v) is 8.00. The molecule has 1 fully saturated rings. The molecule has 0 aromatic heterocycles. The number of aliphatic hydroxyl groups is 1. The summed E-state index contributed by atoms with van der Waals surface area (Å²) in [5.41, 5.74) is 3.54. The largest absolute Gasteiger partial charge is 0.507 e. The number of ether oxygens (including phenoxy) is 1. The molecule has 1 heterocycles. The molecule has 1 saturated heterocycles. The molecule has 1 amide bonds. The van der Waals surface area contributed by atoms with Gasteiger partial charge in [-0.3, -0.25) is 9.59 Å². The van der Waals surface area contributed by atoms with Crippen LogP contribution in [-0.2, 0) is 9.59 Å². The highest BCUT2D eigenvalue weighted by molar-refractivity contribution is 6.46. The van der Waals surface area contributed by atoms with Crippen molar-refractivity contribution in [1.29, 1.82) is 0 Å². The molecule has 1 atom stereocenters. The summed E-state index contributed by atoms with van der Waals surface area (Å²) in [5.74, 6) is -0.663. The molecule has 5 heteroatoms. The third kappa shape index (κ3) is 4.66. The van der Waals surface area contributed by atoms with Crippen molar-refractivity contribution in [2.45, 2.75) is 53.0 Å². The summed E-state index contributed by atoms with van der Waals surface area (Å²) in [6.07, 6.45) is 2.78. The maximum absolute atomic E-state index is 13.1. The maximum Gasteiger partial charge on any atom is 0.295 e. The average molecular weight is 422 g/mol. The van der Waals surface area contributed by atoms with E-state index in [4.69, 9.17) is 4.74 Å². The molecule has 1 unspecified atom stereocenters.